The molecule has 0 aromatic carbocycles. The molecule has 2 N–H and O–H groups in total. The molecule has 0 fully saturated rings. The number of carbonyl (C=O) groups is 1. The molecule has 0 bridgehead atoms. The fraction of sp³-hybridized carbons (Fsp3) is 0.750. The Morgan fingerprint density at radius 1 is 1.42 bits per heavy atom. The van der Waals surface area contributed by atoms with Crippen LogP contribution in [0.5, 0.6) is 0 Å². The van der Waals surface area contributed by atoms with Crippen LogP contribution in [0.15, 0.2) is 0 Å². The van der Waals surface area contributed by atoms with Crippen molar-refractivity contribution < 1.29 is 22.9 Å². The van der Waals surface area contributed by atoms with E-state index in [-0.39, 0.29) is 44.1 Å². The van der Waals surface area contributed by atoms with Gasteiger partial charge in [-0.2, -0.15) is 8.42 Å². The van der Waals surface area contributed by atoms with Gasteiger partial charge >= 0.3 is 43.7 Å². The first-order valence-corrected chi connectivity index (χ1v) is 4.09. The second-order valence-corrected chi connectivity index (χ2v) is 3.35. The summed E-state index contributed by atoms with van der Waals surface area (Å²) in [4.78, 5) is 10.0. The summed E-state index contributed by atoms with van der Waals surface area (Å²) in [5.74, 6) is -1.52. The van der Waals surface area contributed by atoms with Crippen molar-refractivity contribution in [3.8, 4) is 0 Å². The van der Waals surface area contributed by atoms with Crippen molar-refractivity contribution in [2.45, 2.75) is 18.6 Å². The second kappa shape index (κ2) is 7.02. The van der Waals surface area contributed by atoms with E-state index < -0.39 is 21.3 Å². The van der Waals surface area contributed by atoms with E-state index in [9.17, 15) is 13.2 Å². The van der Waals surface area contributed by atoms with E-state index in [1.54, 1.807) is 0 Å². The number of carboxylic acids is 1. The molecule has 0 aromatic rings. The molecule has 0 rings (SSSR count). The maximum absolute atomic E-state index is 10.2. The Hall–Kier alpha value is 0.575. The molecule has 0 spiro atoms. The normalized spacial score (nSPS) is 12.2. The first kappa shape index (κ1) is 18.4. The molecule has 0 aliphatic rings. The average Bonchev–Trinajstić information content (AvgIpc) is 1.60. The van der Waals surface area contributed by atoms with Gasteiger partial charge in [0.2, 0.25) is 0 Å². The second-order valence-electron chi connectivity index (χ2n) is 1.75. The third-order valence-electron chi connectivity index (χ3n) is 1.01. The summed E-state index contributed by atoms with van der Waals surface area (Å²) in [6, 6.07) is 0. The summed E-state index contributed by atoms with van der Waals surface area (Å²) < 4.78 is 28.6. The number of rotatable bonds is 3. The van der Waals surface area contributed by atoms with E-state index in [1.165, 1.54) is 6.92 Å². The van der Waals surface area contributed by atoms with Gasteiger partial charge in [0.1, 0.15) is 0 Å². The fourth-order valence-corrected chi connectivity index (χ4v) is 1.19. The summed E-state index contributed by atoms with van der Waals surface area (Å²) in [5, 5.41) is 6.48. The molecular formula is C4H10Li2O5S. The molecule has 0 saturated carbocycles. The van der Waals surface area contributed by atoms with Crippen LogP contribution in [0.25, 0.3) is 0 Å². The molecule has 64 valence electrons. The number of aliphatic carboxylic acids is 1. The summed E-state index contributed by atoms with van der Waals surface area (Å²) in [6.07, 6.45) is -0.131. The maximum atomic E-state index is 10.2. The minimum absolute atomic E-state index is 0. The van der Waals surface area contributed by atoms with Crippen LogP contribution in [-0.4, -0.2) is 67.0 Å². The van der Waals surface area contributed by atoms with Gasteiger partial charge in [0.15, 0.2) is 5.25 Å². The zero-order valence-electron chi connectivity index (χ0n) is 5.31. The van der Waals surface area contributed by atoms with Crippen LogP contribution in [0, 0.1) is 0 Å². The van der Waals surface area contributed by atoms with Crippen LogP contribution in [0.2, 0.25) is 0 Å². The van der Waals surface area contributed by atoms with Crippen molar-refractivity contribution in [3.05, 3.63) is 0 Å². The fourth-order valence-electron chi connectivity index (χ4n) is 0.513. The Kier molecular flexibility index (Phi) is 10.8. The molecule has 1 unspecified atom stereocenters. The van der Waals surface area contributed by atoms with Gasteiger partial charge < -0.3 is 5.11 Å². The number of hydrogen-bond acceptors (Lipinski definition) is 3. The van der Waals surface area contributed by atoms with Crippen molar-refractivity contribution in [3.63, 3.8) is 0 Å². The van der Waals surface area contributed by atoms with Gasteiger partial charge in [-0.3, -0.25) is 9.35 Å². The SMILES string of the molecule is CCC(C(=O)O)S(=O)(=O)O.[LiH].[LiH]. The van der Waals surface area contributed by atoms with Crippen LogP contribution < -0.4 is 0 Å². The summed E-state index contributed by atoms with van der Waals surface area (Å²) in [6.45, 7) is 1.37. The van der Waals surface area contributed by atoms with Crippen LogP contribution in [0.3, 0.4) is 0 Å². The molecule has 0 radical (unpaired) electrons. The monoisotopic (exact) mass is 184 g/mol. The van der Waals surface area contributed by atoms with Crippen LogP contribution >= 0.6 is 0 Å². The standard InChI is InChI=1S/C4H8O5S.2Li.2H/c1-2-3(4(5)6)10(7,8)9;;;;/h3H,2H2,1H3,(H,5,6)(H,7,8,9);;;;. The van der Waals surface area contributed by atoms with Crippen molar-refractivity contribution in [1.82, 2.24) is 0 Å². The predicted octanol–water partition coefficient (Wildman–Crippen LogP) is -1.56. The van der Waals surface area contributed by atoms with Crippen molar-refractivity contribution >= 4 is 53.8 Å². The molecule has 5 nitrogen and oxygen atoms in total. The molecule has 12 heavy (non-hydrogen) atoms. The average molecular weight is 184 g/mol. The molecule has 1 atom stereocenters. The topological polar surface area (TPSA) is 91.7 Å². The Labute approximate surface area is 95.0 Å². The van der Waals surface area contributed by atoms with Gasteiger partial charge in [-0.15, -0.1) is 0 Å². The minimum atomic E-state index is -4.41. The van der Waals surface area contributed by atoms with E-state index in [4.69, 9.17) is 9.66 Å². The van der Waals surface area contributed by atoms with Crippen LogP contribution in [0.1, 0.15) is 13.3 Å². The summed E-state index contributed by atoms with van der Waals surface area (Å²) in [7, 11) is -4.41. The Morgan fingerprint density at radius 2 is 1.75 bits per heavy atom. The molecule has 0 aromatic heterocycles. The van der Waals surface area contributed by atoms with Crippen molar-refractivity contribution in [2.75, 3.05) is 0 Å². The van der Waals surface area contributed by atoms with E-state index in [2.05, 4.69) is 0 Å². The molecular weight excluding hydrogens is 174 g/mol. The first-order chi connectivity index (χ1) is 4.39. The first-order valence-electron chi connectivity index (χ1n) is 2.58. The molecule has 0 aliphatic heterocycles. The summed E-state index contributed by atoms with van der Waals surface area (Å²) in [5.41, 5.74) is 0. The number of carboxylic acid groups (broad SMARTS) is 1. The van der Waals surface area contributed by atoms with Gasteiger partial charge in [0.25, 0.3) is 10.1 Å². The van der Waals surface area contributed by atoms with E-state index in [0.717, 1.165) is 0 Å². The Balaban J connectivity index is -0.000000405. The van der Waals surface area contributed by atoms with Crippen molar-refractivity contribution in [2.24, 2.45) is 0 Å². The van der Waals surface area contributed by atoms with Crippen LogP contribution in [0.4, 0.5) is 0 Å². The molecule has 8 heteroatoms. The van der Waals surface area contributed by atoms with E-state index in [1.807, 2.05) is 0 Å². The predicted molar refractivity (Wildman–Crippen MR) is 47.6 cm³/mol. The van der Waals surface area contributed by atoms with Gasteiger partial charge in [-0.05, 0) is 6.42 Å². The van der Waals surface area contributed by atoms with Gasteiger partial charge in [-0.25, -0.2) is 0 Å². The van der Waals surface area contributed by atoms with E-state index >= 15 is 0 Å². The molecule has 0 saturated heterocycles. The zero-order chi connectivity index (χ0) is 8.36. The van der Waals surface area contributed by atoms with Crippen molar-refractivity contribution in [1.29, 1.82) is 0 Å². The number of hydrogen-bond donors (Lipinski definition) is 2. The Bertz CT molecular complexity index is 224. The third-order valence-corrected chi connectivity index (χ3v) is 2.26. The van der Waals surface area contributed by atoms with Gasteiger partial charge in [0.05, 0.1) is 0 Å². The van der Waals surface area contributed by atoms with E-state index in [0.29, 0.717) is 0 Å². The molecule has 0 amide bonds. The third kappa shape index (κ3) is 6.13. The van der Waals surface area contributed by atoms with Gasteiger partial charge in [-0.1, -0.05) is 6.92 Å². The zero-order valence-corrected chi connectivity index (χ0v) is 6.13. The molecule has 0 aliphatic carbocycles. The van der Waals surface area contributed by atoms with Gasteiger partial charge in [0, 0.05) is 0 Å². The Morgan fingerprint density at radius 3 is 1.75 bits per heavy atom. The van der Waals surface area contributed by atoms with Crippen LogP contribution in [-0.2, 0) is 14.9 Å². The summed E-state index contributed by atoms with van der Waals surface area (Å²) >= 11 is 0. The quantitative estimate of drug-likeness (QED) is 0.408. The molecule has 0 heterocycles.